The predicted octanol–water partition coefficient (Wildman–Crippen LogP) is 3.96. The van der Waals surface area contributed by atoms with Crippen molar-refractivity contribution in [3.63, 3.8) is 0 Å². The first-order chi connectivity index (χ1) is 10.3. The van der Waals surface area contributed by atoms with Crippen molar-refractivity contribution in [1.82, 2.24) is 9.97 Å². The zero-order valence-corrected chi connectivity index (χ0v) is 11.9. The summed E-state index contributed by atoms with van der Waals surface area (Å²) in [6.07, 6.45) is 3.50. The lowest BCUT2D eigenvalue weighted by Crippen LogP contribution is -1.95. The van der Waals surface area contributed by atoms with Gasteiger partial charge in [-0.1, -0.05) is 37.6 Å². The van der Waals surface area contributed by atoms with E-state index in [1.54, 1.807) is 6.33 Å². The van der Waals surface area contributed by atoms with Crippen LogP contribution in [0.2, 0.25) is 0 Å². The Balaban J connectivity index is 1.98. The number of ether oxygens (including phenoxy) is 1. The highest BCUT2D eigenvalue weighted by Gasteiger charge is 2.07. The molecule has 21 heavy (non-hydrogen) atoms. The van der Waals surface area contributed by atoms with Gasteiger partial charge in [0.1, 0.15) is 12.1 Å². The fraction of sp³-hybridized carbons (Fsp3) is 0.176. The van der Waals surface area contributed by atoms with Crippen molar-refractivity contribution < 1.29 is 4.74 Å². The standard InChI is InChI=1S/C17H17N3O/c1-2-5-12-10-17(20-11-19-12)21-16-9-8-15(18)13-6-3-4-7-14(13)16/h3-4,6-11H,2,5,18H2,1H3. The van der Waals surface area contributed by atoms with Gasteiger partial charge >= 0.3 is 0 Å². The number of benzene rings is 2. The van der Waals surface area contributed by atoms with Crippen molar-refractivity contribution in [2.45, 2.75) is 19.8 Å². The topological polar surface area (TPSA) is 61.0 Å². The largest absolute Gasteiger partial charge is 0.438 e. The zero-order chi connectivity index (χ0) is 14.7. The van der Waals surface area contributed by atoms with Gasteiger partial charge in [0.2, 0.25) is 5.88 Å². The number of nitrogen functional groups attached to an aromatic ring is 1. The predicted molar refractivity (Wildman–Crippen MR) is 84.5 cm³/mol. The first-order valence-electron chi connectivity index (χ1n) is 7.04. The molecular weight excluding hydrogens is 262 g/mol. The molecule has 0 atom stereocenters. The minimum Gasteiger partial charge on any atom is -0.438 e. The van der Waals surface area contributed by atoms with Crippen molar-refractivity contribution in [1.29, 1.82) is 0 Å². The molecular formula is C17H17N3O. The van der Waals surface area contributed by atoms with Gasteiger partial charge in [-0.2, -0.15) is 0 Å². The normalized spacial score (nSPS) is 10.7. The summed E-state index contributed by atoms with van der Waals surface area (Å²) in [5.74, 6) is 1.31. The second kappa shape index (κ2) is 5.79. The SMILES string of the molecule is CCCc1cc(Oc2ccc(N)c3ccccc23)ncn1. The van der Waals surface area contributed by atoms with E-state index in [-0.39, 0.29) is 0 Å². The van der Waals surface area contributed by atoms with Gasteiger partial charge in [0.25, 0.3) is 0 Å². The van der Waals surface area contributed by atoms with E-state index in [0.717, 1.165) is 40.7 Å². The van der Waals surface area contributed by atoms with Gasteiger partial charge in [0.15, 0.2) is 0 Å². The minimum absolute atomic E-state index is 0.559. The van der Waals surface area contributed by atoms with Crippen LogP contribution < -0.4 is 10.5 Å². The van der Waals surface area contributed by atoms with Gasteiger partial charge in [-0.25, -0.2) is 9.97 Å². The molecule has 0 aliphatic heterocycles. The smallest absolute Gasteiger partial charge is 0.222 e. The van der Waals surface area contributed by atoms with E-state index in [0.29, 0.717) is 5.88 Å². The molecule has 4 heteroatoms. The van der Waals surface area contributed by atoms with Crippen molar-refractivity contribution in [3.8, 4) is 11.6 Å². The molecule has 0 unspecified atom stereocenters. The van der Waals surface area contributed by atoms with Crippen molar-refractivity contribution >= 4 is 16.5 Å². The summed E-state index contributed by atoms with van der Waals surface area (Å²) in [4.78, 5) is 8.42. The fourth-order valence-electron chi connectivity index (χ4n) is 2.32. The van der Waals surface area contributed by atoms with Gasteiger partial charge in [0, 0.05) is 28.2 Å². The number of hydrogen-bond acceptors (Lipinski definition) is 4. The molecule has 0 fully saturated rings. The molecule has 106 valence electrons. The number of nitrogens with zero attached hydrogens (tertiary/aromatic N) is 2. The summed E-state index contributed by atoms with van der Waals surface area (Å²) in [5, 5.41) is 1.96. The van der Waals surface area contributed by atoms with Crippen LogP contribution >= 0.6 is 0 Å². The third kappa shape index (κ3) is 2.79. The summed E-state index contributed by atoms with van der Waals surface area (Å²) >= 11 is 0. The molecule has 3 aromatic rings. The van der Waals surface area contributed by atoms with Gasteiger partial charge < -0.3 is 10.5 Å². The molecule has 3 rings (SSSR count). The molecule has 1 aromatic heterocycles. The maximum absolute atomic E-state index is 6.00. The quantitative estimate of drug-likeness (QED) is 0.734. The molecule has 0 saturated heterocycles. The minimum atomic E-state index is 0.559. The zero-order valence-electron chi connectivity index (χ0n) is 11.9. The second-order valence-electron chi connectivity index (χ2n) is 4.90. The molecule has 0 spiro atoms. The Morgan fingerprint density at radius 2 is 1.86 bits per heavy atom. The van der Waals surface area contributed by atoms with Crippen LogP contribution in [0.25, 0.3) is 10.8 Å². The molecule has 2 N–H and O–H groups in total. The van der Waals surface area contributed by atoms with E-state index in [2.05, 4.69) is 16.9 Å². The number of hydrogen-bond donors (Lipinski definition) is 1. The van der Waals surface area contributed by atoms with Crippen LogP contribution in [0, 0.1) is 0 Å². The summed E-state index contributed by atoms with van der Waals surface area (Å²) in [6.45, 7) is 2.12. The molecule has 0 aliphatic carbocycles. The first-order valence-corrected chi connectivity index (χ1v) is 7.04. The molecule has 1 heterocycles. The lowest BCUT2D eigenvalue weighted by Gasteiger charge is -2.10. The van der Waals surface area contributed by atoms with Gasteiger partial charge in [-0.3, -0.25) is 0 Å². The Morgan fingerprint density at radius 1 is 1.05 bits per heavy atom. The lowest BCUT2D eigenvalue weighted by atomic mass is 10.1. The Hall–Kier alpha value is -2.62. The highest BCUT2D eigenvalue weighted by Crippen LogP contribution is 2.32. The second-order valence-corrected chi connectivity index (χ2v) is 4.90. The molecule has 0 bridgehead atoms. The number of fused-ring (bicyclic) bond motifs is 1. The van der Waals surface area contributed by atoms with E-state index in [9.17, 15) is 0 Å². The number of rotatable bonds is 4. The Kier molecular flexibility index (Phi) is 3.69. The maximum atomic E-state index is 6.00. The van der Waals surface area contributed by atoms with Crippen LogP contribution in [-0.4, -0.2) is 9.97 Å². The van der Waals surface area contributed by atoms with E-state index >= 15 is 0 Å². The highest BCUT2D eigenvalue weighted by atomic mass is 16.5. The summed E-state index contributed by atoms with van der Waals surface area (Å²) in [5.41, 5.74) is 7.73. The van der Waals surface area contributed by atoms with Crippen molar-refractivity contribution in [2.75, 3.05) is 5.73 Å². The van der Waals surface area contributed by atoms with E-state index < -0.39 is 0 Å². The molecule has 0 radical (unpaired) electrons. The number of nitrogens with two attached hydrogens (primary N) is 1. The number of aryl methyl sites for hydroxylation is 1. The van der Waals surface area contributed by atoms with Crippen LogP contribution in [0.4, 0.5) is 5.69 Å². The molecule has 0 saturated carbocycles. The fourth-order valence-corrected chi connectivity index (χ4v) is 2.32. The van der Waals surface area contributed by atoms with Crippen LogP contribution in [0.15, 0.2) is 48.8 Å². The van der Waals surface area contributed by atoms with Crippen LogP contribution in [-0.2, 0) is 6.42 Å². The number of anilines is 1. The summed E-state index contributed by atoms with van der Waals surface area (Å²) in [7, 11) is 0. The van der Waals surface area contributed by atoms with E-state index in [1.807, 2.05) is 42.5 Å². The molecule has 0 aliphatic rings. The average molecular weight is 279 g/mol. The molecule has 4 nitrogen and oxygen atoms in total. The third-order valence-corrected chi connectivity index (χ3v) is 3.34. The Bertz CT molecular complexity index is 771. The van der Waals surface area contributed by atoms with Crippen LogP contribution in [0.1, 0.15) is 19.0 Å². The summed E-state index contributed by atoms with van der Waals surface area (Å²) in [6, 6.07) is 13.5. The highest BCUT2D eigenvalue weighted by molar-refractivity contribution is 5.97. The Labute approximate surface area is 123 Å². The van der Waals surface area contributed by atoms with E-state index in [4.69, 9.17) is 10.5 Å². The van der Waals surface area contributed by atoms with Gasteiger partial charge in [0.05, 0.1) is 0 Å². The first kappa shape index (κ1) is 13.4. The van der Waals surface area contributed by atoms with Crippen LogP contribution in [0.3, 0.4) is 0 Å². The van der Waals surface area contributed by atoms with Crippen molar-refractivity contribution in [2.24, 2.45) is 0 Å². The van der Waals surface area contributed by atoms with Crippen molar-refractivity contribution in [3.05, 3.63) is 54.5 Å². The van der Waals surface area contributed by atoms with Gasteiger partial charge in [-0.15, -0.1) is 0 Å². The summed E-state index contributed by atoms with van der Waals surface area (Å²) < 4.78 is 5.93. The molecule has 0 amide bonds. The third-order valence-electron chi connectivity index (χ3n) is 3.34. The lowest BCUT2D eigenvalue weighted by molar-refractivity contribution is 0.465. The Morgan fingerprint density at radius 3 is 2.67 bits per heavy atom. The average Bonchev–Trinajstić information content (AvgIpc) is 2.51. The van der Waals surface area contributed by atoms with Gasteiger partial charge in [-0.05, 0) is 18.6 Å². The van der Waals surface area contributed by atoms with E-state index in [1.165, 1.54) is 0 Å². The monoisotopic (exact) mass is 279 g/mol. The maximum Gasteiger partial charge on any atom is 0.222 e. The number of aromatic nitrogens is 2. The molecule has 2 aromatic carbocycles. The van der Waals surface area contributed by atoms with Crippen LogP contribution in [0.5, 0.6) is 11.6 Å².